The molecule has 7 heteroatoms. The minimum Gasteiger partial charge on any atom is -0.335 e. The molecule has 3 heterocycles. The van der Waals surface area contributed by atoms with E-state index < -0.39 is 0 Å². The number of nitrogens with zero attached hydrogens (tertiary/aromatic N) is 5. The summed E-state index contributed by atoms with van der Waals surface area (Å²) in [7, 11) is 0. The highest BCUT2D eigenvalue weighted by Crippen LogP contribution is 2.47. The van der Waals surface area contributed by atoms with E-state index in [9.17, 15) is 4.79 Å². The van der Waals surface area contributed by atoms with Crippen molar-refractivity contribution in [2.24, 2.45) is 11.8 Å². The molecule has 132 valence electrons. The molecule has 1 aliphatic heterocycles. The van der Waals surface area contributed by atoms with Gasteiger partial charge in [0.25, 0.3) is 5.91 Å². The SMILES string of the molecule is CCn1ccnc1C(=O)N1C[C@H](c2nc(C3CC3)n[nH]2)[C@@H](C2CC2)C1. The second-order valence-electron chi connectivity index (χ2n) is 7.71. The Morgan fingerprint density at radius 3 is 2.84 bits per heavy atom. The number of amides is 1. The number of nitrogens with one attached hydrogen (secondary N) is 1. The Labute approximate surface area is 146 Å². The molecule has 1 saturated heterocycles. The third-order valence-electron chi connectivity index (χ3n) is 5.94. The van der Waals surface area contributed by atoms with Gasteiger partial charge >= 0.3 is 0 Å². The number of aryl methyl sites for hydroxylation is 1. The number of carbonyl (C=O) groups is 1. The molecule has 0 unspecified atom stereocenters. The number of likely N-dealkylation sites (tertiary alicyclic amines) is 1. The van der Waals surface area contributed by atoms with Crippen molar-refractivity contribution < 1.29 is 4.79 Å². The fourth-order valence-corrected chi connectivity index (χ4v) is 4.17. The Balaban J connectivity index is 1.39. The van der Waals surface area contributed by atoms with Crippen molar-refractivity contribution in [3.8, 4) is 0 Å². The van der Waals surface area contributed by atoms with Gasteiger partial charge < -0.3 is 9.47 Å². The van der Waals surface area contributed by atoms with Crippen LogP contribution in [0.25, 0.3) is 0 Å². The van der Waals surface area contributed by atoms with Crippen LogP contribution in [0.15, 0.2) is 12.4 Å². The Morgan fingerprint density at radius 1 is 1.28 bits per heavy atom. The van der Waals surface area contributed by atoms with Crippen LogP contribution in [0.5, 0.6) is 0 Å². The van der Waals surface area contributed by atoms with Crippen LogP contribution >= 0.6 is 0 Å². The fourth-order valence-electron chi connectivity index (χ4n) is 4.17. The number of imidazole rings is 1. The van der Waals surface area contributed by atoms with E-state index in [2.05, 4.69) is 15.2 Å². The van der Waals surface area contributed by atoms with Crippen molar-refractivity contribution in [3.05, 3.63) is 29.9 Å². The molecule has 2 atom stereocenters. The van der Waals surface area contributed by atoms with E-state index in [1.165, 1.54) is 25.7 Å². The molecule has 0 aromatic carbocycles. The normalized spacial score (nSPS) is 26.4. The Kier molecular flexibility index (Phi) is 3.43. The zero-order valence-corrected chi connectivity index (χ0v) is 14.6. The highest BCUT2D eigenvalue weighted by atomic mass is 16.2. The second-order valence-corrected chi connectivity index (χ2v) is 7.71. The van der Waals surface area contributed by atoms with Gasteiger partial charge in [0.15, 0.2) is 11.6 Å². The molecule has 3 aliphatic rings. The molecule has 1 N–H and O–H groups in total. The summed E-state index contributed by atoms with van der Waals surface area (Å²) >= 11 is 0. The van der Waals surface area contributed by atoms with E-state index in [4.69, 9.17) is 4.98 Å². The maximum Gasteiger partial charge on any atom is 0.289 e. The first kappa shape index (κ1) is 15.1. The molecule has 7 nitrogen and oxygen atoms in total. The zero-order valence-electron chi connectivity index (χ0n) is 14.6. The van der Waals surface area contributed by atoms with E-state index >= 15 is 0 Å². The van der Waals surface area contributed by atoms with Crippen molar-refractivity contribution in [1.29, 1.82) is 0 Å². The van der Waals surface area contributed by atoms with Crippen molar-refractivity contribution in [3.63, 3.8) is 0 Å². The summed E-state index contributed by atoms with van der Waals surface area (Å²) < 4.78 is 1.92. The topological polar surface area (TPSA) is 79.7 Å². The van der Waals surface area contributed by atoms with Crippen molar-refractivity contribution in [1.82, 2.24) is 29.6 Å². The summed E-state index contributed by atoms with van der Waals surface area (Å²) in [6, 6.07) is 0. The number of hydrogen-bond acceptors (Lipinski definition) is 4. The molecule has 5 rings (SSSR count). The van der Waals surface area contributed by atoms with Gasteiger partial charge in [0.1, 0.15) is 5.82 Å². The van der Waals surface area contributed by atoms with E-state index in [0.29, 0.717) is 17.7 Å². The zero-order chi connectivity index (χ0) is 17.0. The van der Waals surface area contributed by atoms with Crippen molar-refractivity contribution >= 4 is 5.91 Å². The van der Waals surface area contributed by atoms with Crippen LogP contribution in [0.4, 0.5) is 0 Å². The summed E-state index contributed by atoms with van der Waals surface area (Å²) in [5, 5.41) is 7.61. The van der Waals surface area contributed by atoms with Gasteiger partial charge in [-0.25, -0.2) is 9.97 Å². The van der Waals surface area contributed by atoms with Gasteiger partial charge in [0.05, 0.1) is 0 Å². The number of hydrogen-bond donors (Lipinski definition) is 1. The van der Waals surface area contributed by atoms with Gasteiger partial charge in [-0.3, -0.25) is 9.89 Å². The molecule has 2 aromatic heterocycles. The van der Waals surface area contributed by atoms with Gasteiger partial charge in [0.2, 0.25) is 0 Å². The van der Waals surface area contributed by atoms with Crippen molar-refractivity contribution in [2.45, 2.75) is 51.0 Å². The summed E-state index contributed by atoms with van der Waals surface area (Å²) in [5.41, 5.74) is 0. The van der Waals surface area contributed by atoms with Gasteiger partial charge in [-0.05, 0) is 44.4 Å². The molecule has 1 amide bonds. The van der Waals surface area contributed by atoms with Crippen LogP contribution in [0, 0.1) is 11.8 Å². The van der Waals surface area contributed by atoms with Gasteiger partial charge in [-0.1, -0.05) is 0 Å². The predicted octanol–water partition coefficient (Wildman–Crippen LogP) is 2.16. The summed E-state index contributed by atoms with van der Waals surface area (Å²) in [4.78, 5) is 24.0. The van der Waals surface area contributed by atoms with Crippen LogP contribution in [0.3, 0.4) is 0 Å². The lowest BCUT2D eigenvalue weighted by atomic mass is 9.91. The fraction of sp³-hybridized carbons (Fsp3) is 0.667. The first-order valence-corrected chi connectivity index (χ1v) is 9.47. The highest BCUT2D eigenvalue weighted by Gasteiger charge is 2.46. The number of rotatable bonds is 5. The van der Waals surface area contributed by atoms with E-state index in [-0.39, 0.29) is 11.8 Å². The molecule has 2 saturated carbocycles. The van der Waals surface area contributed by atoms with Gasteiger partial charge in [-0.15, -0.1) is 0 Å². The van der Waals surface area contributed by atoms with Crippen molar-refractivity contribution in [2.75, 3.05) is 13.1 Å². The lowest BCUT2D eigenvalue weighted by Crippen LogP contribution is -2.31. The number of aromatic amines is 1. The summed E-state index contributed by atoms with van der Waals surface area (Å²) in [6.07, 6.45) is 8.54. The standard InChI is InChI=1S/C18H24N6O/c1-2-23-8-7-19-17(23)18(25)24-9-13(11-3-4-11)14(10-24)16-20-15(21-22-16)12-5-6-12/h7-8,11-14H,2-6,9-10H2,1H3,(H,20,21,22)/t13-,14+/m1/s1. The smallest absolute Gasteiger partial charge is 0.289 e. The van der Waals surface area contributed by atoms with E-state index in [1.807, 2.05) is 22.6 Å². The molecule has 0 radical (unpaired) electrons. The maximum atomic E-state index is 13.0. The minimum atomic E-state index is 0.0435. The molecular formula is C18H24N6O. The third-order valence-corrected chi connectivity index (χ3v) is 5.94. The average molecular weight is 340 g/mol. The molecule has 2 aromatic rings. The Morgan fingerprint density at radius 2 is 2.12 bits per heavy atom. The molecule has 2 aliphatic carbocycles. The largest absolute Gasteiger partial charge is 0.335 e. The molecule has 0 spiro atoms. The lowest BCUT2D eigenvalue weighted by molar-refractivity contribution is 0.0768. The quantitative estimate of drug-likeness (QED) is 0.904. The summed E-state index contributed by atoms with van der Waals surface area (Å²) in [5.74, 6) is 4.60. The molecule has 25 heavy (non-hydrogen) atoms. The van der Waals surface area contributed by atoms with Crippen LogP contribution in [0.1, 0.15) is 66.7 Å². The molecule has 3 fully saturated rings. The minimum absolute atomic E-state index is 0.0435. The maximum absolute atomic E-state index is 13.0. The van der Waals surface area contributed by atoms with Gasteiger partial charge in [0, 0.05) is 43.9 Å². The number of carbonyl (C=O) groups excluding carboxylic acids is 1. The predicted molar refractivity (Wildman–Crippen MR) is 91.1 cm³/mol. The van der Waals surface area contributed by atoms with E-state index in [0.717, 1.165) is 37.2 Å². The third kappa shape index (κ3) is 2.65. The Hall–Kier alpha value is -2.18. The first-order chi connectivity index (χ1) is 12.2. The number of aromatic nitrogens is 5. The first-order valence-electron chi connectivity index (χ1n) is 9.47. The average Bonchev–Trinajstić information content (AvgIpc) is 3.51. The molecule has 0 bridgehead atoms. The van der Waals surface area contributed by atoms with Gasteiger partial charge in [-0.2, -0.15) is 5.10 Å². The monoisotopic (exact) mass is 340 g/mol. The van der Waals surface area contributed by atoms with Crippen LogP contribution in [-0.4, -0.2) is 48.6 Å². The Bertz CT molecular complexity index is 787. The number of H-pyrrole nitrogens is 1. The summed E-state index contributed by atoms with van der Waals surface area (Å²) in [6.45, 7) is 4.32. The van der Waals surface area contributed by atoms with Crippen LogP contribution < -0.4 is 0 Å². The second kappa shape index (κ2) is 5.68. The van der Waals surface area contributed by atoms with E-state index in [1.54, 1.807) is 6.20 Å². The lowest BCUT2D eigenvalue weighted by Gasteiger charge is -2.16. The van der Waals surface area contributed by atoms with Crippen LogP contribution in [0.2, 0.25) is 0 Å². The van der Waals surface area contributed by atoms with Crippen LogP contribution in [-0.2, 0) is 6.54 Å². The highest BCUT2D eigenvalue weighted by molar-refractivity contribution is 5.91. The molecular weight excluding hydrogens is 316 g/mol.